The highest BCUT2D eigenvalue weighted by Gasteiger charge is 2.03. The van der Waals surface area contributed by atoms with E-state index < -0.39 is 0 Å². The monoisotopic (exact) mass is 275 g/mol. The van der Waals surface area contributed by atoms with E-state index in [0.29, 0.717) is 0 Å². The standard InChI is InChI=1S/C18H13NS/c1-2-6-16-13(4-1)5-3-7-18(16)20-15-8-9-17-14(12-15)10-11-19-17/h1-12,19H. The van der Waals surface area contributed by atoms with Gasteiger partial charge in [0.1, 0.15) is 0 Å². The van der Waals surface area contributed by atoms with Crippen molar-refractivity contribution in [1.82, 2.24) is 4.98 Å². The average Bonchev–Trinajstić information content (AvgIpc) is 2.95. The van der Waals surface area contributed by atoms with Gasteiger partial charge in [0.15, 0.2) is 0 Å². The predicted molar refractivity (Wildman–Crippen MR) is 86.4 cm³/mol. The SMILES string of the molecule is c1ccc2c(Sc3ccc4[nH]ccc4c3)cccc2c1. The molecule has 0 unspecified atom stereocenters. The Morgan fingerprint density at radius 2 is 1.65 bits per heavy atom. The highest BCUT2D eigenvalue weighted by atomic mass is 32.2. The Bertz CT molecular complexity index is 887. The molecular weight excluding hydrogens is 262 g/mol. The maximum Gasteiger partial charge on any atom is 0.0454 e. The third kappa shape index (κ3) is 1.98. The largest absolute Gasteiger partial charge is 0.361 e. The van der Waals surface area contributed by atoms with Crippen molar-refractivity contribution in [2.24, 2.45) is 0 Å². The van der Waals surface area contributed by atoms with Crippen LogP contribution in [-0.2, 0) is 0 Å². The van der Waals surface area contributed by atoms with Crippen LogP contribution < -0.4 is 0 Å². The van der Waals surface area contributed by atoms with E-state index in [1.54, 1.807) is 0 Å². The van der Waals surface area contributed by atoms with Gasteiger partial charge in [-0.3, -0.25) is 0 Å². The summed E-state index contributed by atoms with van der Waals surface area (Å²) in [7, 11) is 0. The molecule has 0 radical (unpaired) electrons. The maximum absolute atomic E-state index is 3.23. The van der Waals surface area contributed by atoms with Gasteiger partial charge in [-0.1, -0.05) is 48.2 Å². The van der Waals surface area contributed by atoms with E-state index in [9.17, 15) is 0 Å². The molecule has 0 aliphatic heterocycles. The fraction of sp³-hybridized carbons (Fsp3) is 0. The lowest BCUT2D eigenvalue weighted by Gasteiger charge is -2.06. The molecule has 20 heavy (non-hydrogen) atoms. The Morgan fingerprint density at radius 3 is 2.65 bits per heavy atom. The Morgan fingerprint density at radius 1 is 0.750 bits per heavy atom. The number of aromatic amines is 1. The molecule has 0 amide bonds. The minimum atomic E-state index is 1.19. The normalized spacial score (nSPS) is 11.2. The first-order valence-corrected chi connectivity index (χ1v) is 7.44. The van der Waals surface area contributed by atoms with Crippen LogP contribution in [0.3, 0.4) is 0 Å². The number of hydrogen-bond donors (Lipinski definition) is 1. The van der Waals surface area contributed by atoms with Crippen molar-refractivity contribution in [2.75, 3.05) is 0 Å². The molecule has 0 saturated carbocycles. The second-order valence-electron chi connectivity index (χ2n) is 4.81. The summed E-state index contributed by atoms with van der Waals surface area (Å²) in [6.07, 6.45) is 1.98. The van der Waals surface area contributed by atoms with Crippen LogP contribution in [0.5, 0.6) is 0 Å². The summed E-state index contributed by atoms with van der Waals surface area (Å²) in [5, 5.41) is 3.87. The summed E-state index contributed by atoms with van der Waals surface area (Å²) in [5.41, 5.74) is 1.19. The molecule has 0 aliphatic rings. The van der Waals surface area contributed by atoms with Gasteiger partial charge in [0.05, 0.1) is 0 Å². The predicted octanol–water partition coefficient (Wildman–Crippen LogP) is 5.47. The van der Waals surface area contributed by atoms with Crippen molar-refractivity contribution < 1.29 is 0 Å². The number of aromatic nitrogens is 1. The van der Waals surface area contributed by atoms with E-state index >= 15 is 0 Å². The van der Waals surface area contributed by atoms with Crippen molar-refractivity contribution in [3.8, 4) is 0 Å². The van der Waals surface area contributed by atoms with E-state index in [0.717, 1.165) is 0 Å². The molecule has 1 nitrogen and oxygen atoms in total. The van der Waals surface area contributed by atoms with Crippen molar-refractivity contribution in [3.63, 3.8) is 0 Å². The van der Waals surface area contributed by atoms with Crippen LogP contribution in [0.4, 0.5) is 0 Å². The van der Waals surface area contributed by atoms with Gasteiger partial charge in [-0.15, -0.1) is 0 Å². The number of rotatable bonds is 2. The molecule has 0 saturated heterocycles. The fourth-order valence-electron chi connectivity index (χ4n) is 2.51. The molecule has 0 fully saturated rings. The average molecular weight is 275 g/mol. The highest BCUT2D eigenvalue weighted by Crippen LogP contribution is 2.34. The second-order valence-corrected chi connectivity index (χ2v) is 5.92. The number of nitrogens with one attached hydrogen (secondary N) is 1. The molecule has 0 atom stereocenters. The minimum absolute atomic E-state index is 1.19. The summed E-state index contributed by atoms with van der Waals surface area (Å²) in [6.45, 7) is 0. The van der Waals surface area contributed by atoms with E-state index in [2.05, 4.69) is 71.7 Å². The first-order chi connectivity index (χ1) is 9.90. The molecular formula is C18H13NS. The maximum atomic E-state index is 3.23. The number of benzene rings is 3. The highest BCUT2D eigenvalue weighted by molar-refractivity contribution is 7.99. The van der Waals surface area contributed by atoms with Crippen LogP contribution in [0.15, 0.2) is 82.7 Å². The van der Waals surface area contributed by atoms with Gasteiger partial charge >= 0.3 is 0 Å². The number of hydrogen-bond acceptors (Lipinski definition) is 1. The molecule has 0 spiro atoms. The molecule has 1 N–H and O–H groups in total. The lowest BCUT2D eigenvalue weighted by molar-refractivity contribution is 1.44. The van der Waals surface area contributed by atoms with Gasteiger partial charge in [0.25, 0.3) is 0 Å². The third-order valence-electron chi connectivity index (χ3n) is 3.50. The van der Waals surface area contributed by atoms with Crippen LogP contribution in [0.25, 0.3) is 21.7 Å². The van der Waals surface area contributed by atoms with Crippen molar-refractivity contribution in [1.29, 1.82) is 0 Å². The van der Waals surface area contributed by atoms with Gasteiger partial charge in [0.2, 0.25) is 0 Å². The topological polar surface area (TPSA) is 15.8 Å². The van der Waals surface area contributed by atoms with E-state index in [1.165, 1.54) is 31.5 Å². The Hall–Kier alpha value is -2.19. The van der Waals surface area contributed by atoms with Gasteiger partial charge in [0, 0.05) is 26.9 Å². The molecule has 3 aromatic carbocycles. The second kappa shape index (κ2) is 4.73. The number of H-pyrrole nitrogens is 1. The first kappa shape index (κ1) is 11.6. The van der Waals surface area contributed by atoms with Crippen molar-refractivity contribution in [2.45, 2.75) is 9.79 Å². The number of fused-ring (bicyclic) bond motifs is 2. The van der Waals surface area contributed by atoms with Gasteiger partial charge in [-0.2, -0.15) is 0 Å². The summed E-state index contributed by atoms with van der Waals surface area (Å²) < 4.78 is 0. The van der Waals surface area contributed by atoms with Crippen LogP contribution >= 0.6 is 11.8 Å². The molecule has 96 valence electrons. The minimum Gasteiger partial charge on any atom is -0.361 e. The van der Waals surface area contributed by atoms with Crippen LogP contribution in [-0.4, -0.2) is 4.98 Å². The molecule has 1 heterocycles. The lowest BCUT2D eigenvalue weighted by Crippen LogP contribution is -1.78. The zero-order valence-electron chi connectivity index (χ0n) is 10.8. The Balaban J connectivity index is 1.80. The summed E-state index contributed by atoms with van der Waals surface area (Å²) in [5.74, 6) is 0. The molecule has 4 aromatic rings. The molecule has 2 heteroatoms. The zero-order chi connectivity index (χ0) is 13.4. The van der Waals surface area contributed by atoms with E-state index in [-0.39, 0.29) is 0 Å². The molecule has 0 bridgehead atoms. The van der Waals surface area contributed by atoms with Crippen LogP contribution in [0.1, 0.15) is 0 Å². The Labute approximate surface area is 121 Å². The third-order valence-corrected chi connectivity index (χ3v) is 4.57. The zero-order valence-corrected chi connectivity index (χ0v) is 11.7. The molecule has 0 aliphatic carbocycles. The molecule has 4 rings (SSSR count). The summed E-state index contributed by atoms with van der Waals surface area (Å²) >= 11 is 1.82. The summed E-state index contributed by atoms with van der Waals surface area (Å²) in [6, 6.07) is 23.7. The fourth-order valence-corrected chi connectivity index (χ4v) is 3.52. The van der Waals surface area contributed by atoms with Gasteiger partial charge in [-0.05, 0) is 41.1 Å². The van der Waals surface area contributed by atoms with Crippen LogP contribution in [0, 0.1) is 0 Å². The van der Waals surface area contributed by atoms with Crippen LogP contribution in [0.2, 0.25) is 0 Å². The van der Waals surface area contributed by atoms with Gasteiger partial charge < -0.3 is 4.98 Å². The van der Waals surface area contributed by atoms with Gasteiger partial charge in [-0.25, -0.2) is 0 Å². The molecule has 1 aromatic heterocycles. The van der Waals surface area contributed by atoms with Crippen molar-refractivity contribution >= 4 is 33.4 Å². The van der Waals surface area contributed by atoms with Crippen molar-refractivity contribution in [3.05, 3.63) is 72.9 Å². The summed E-state index contributed by atoms with van der Waals surface area (Å²) in [4.78, 5) is 5.81. The smallest absolute Gasteiger partial charge is 0.0454 e. The Kier molecular flexibility index (Phi) is 2.75. The van der Waals surface area contributed by atoms with E-state index in [1.807, 2.05) is 18.0 Å². The first-order valence-electron chi connectivity index (χ1n) is 6.63. The quantitative estimate of drug-likeness (QED) is 0.512. The van der Waals surface area contributed by atoms with E-state index in [4.69, 9.17) is 0 Å². The lowest BCUT2D eigenvalue weighted by atomic mass is 10.1.